The smallest absolute Gasteiger partial charge is 0.410 e. The maximum atomic E-state index is 12.4. The number of nitrogens with zero attached hydrogens (tertiary/aromatic N) is 3. The summed E-state index contributed by atoms with van der Waals surface area (Å²) >= 11 is 0. The molecule has 0 aromatic rings. The normalized spacial score (nSPS) is 27.1. The SMILES string of the molecule is CCN1CCN([C@H]2C[C@@H](C(=O)O)CN(C(=O)OC(C)(C)C)C2)CC1. The molecule has 2 rings (SSSR count). The van der Waals surface area contributed by atoms with Crippen LogP contribution < -0.4 is 0 Å². The number of piperazine rings is 1. The van der Waals surface area contributed by atoms with Crippen molar-refractivity contribution in [2.24, 2.45) is 5.92 Å². The van der Waals surface area contributed by atoms with Gasteiger partial charge >= 0.3 is 12.1 Å². The lowest BCUT2D eigenvalue weighted by molar-refractivity contribution is -0.144. The minimum Gasteiger partial charge on any atom is -0.481 e. The molecule has 0 bridgehead atoms. The number of likely N-dealkylation sites (N-methyl/N-ethyl adjacent to an activating group) is 1. The first-order valence-corrected chi connectivity index (χ1v) is 8.86. The van der Waals surface area contributed by atoms with E-state index in [4.69, 9.17) is 4.74 Å². The van der Waals surface area contributed by atoms with E-state index in [1.165, 1.54) is 0 Å². The third kappa shape index (κ3) is 5.08. The molecule has 0 aliphatic carbocycles. The van der Waals surface area contributed by atoms with Crippen molar-refractivity contribution in [1.82, 2.24) is 14.7 Å². The number of carbonyl (C=O) groups is 2. The number of aliphatic carboxylic acids is 1. The van der Waals surface area contributed by atoms with Gasteiger partial charge in [0.15, 0.2) is 0 Å². The largest absolute Gasteiger partial charge is 0.481 e. The summed E-state index contributed by atoms with van der Waals surface area (Å²) in [5, 5.41) is 9.46. The Balaban J connectivity index is 2.03. The molecule has 2 fully saturated rings. The zero-order valence-corrected chi connectivity index (χ0v) is 15.3. The van der Waals surface area contributed by atoms with Crippen molar-refractivity contribution >= 4 is 12.1 Å². The topological polar surface area (TPSA) is 73.3 Å². The Morgan fingerprint density at radius 2 is 1.75 bits per heavy atom. The fourth-order valence-corrected chi connectivity index (χ4v) is 3.44. The predicted octanol–water partition coefficient (Wildman–Crippen LogP) is 1.33. The first kappa shape index (κ1) is 19.0. The molecular weight excluding hydrogens is 310 g/mol. The summed E-state index contributed by atoms with van der Waals surface area (Å²) < 4.78 is 5.44. The highest BCUT2D eigenvalue weighted by Gasteiger charge is 2.38. The van der Waals surface area contributed by atoms with Crippen molar-refractivity contribution in [2.45, 2.75) is 45.8 Å². The van der Waals surface area contributed by atoms with E-state index in [0.717, 1.165) is 32.7 Å². The molecule has 7 heteroatoms. The Kier molecular flexibility index (Phi) is 6.09. The molecule has 2 atom stereocenters. The van der Waals surface area contributed by atoms with Gasteiger partial charge in [-0.05, 0) is 33.7 Å². The van der Waals surface area contributed by atoms with Gasteiger partial charge in [-0.1, -0.05) is 6.92 Å². The Morgan fingerprint density at radius 1 is 1.12 bits per heavy atom. The van der Waals surface area contributed by atoms with Gasteiger partial charge in [-0.3, -0.25) is 9.69 Å². The molecule has 0 unspecified atom stereocenters. The van der Waals surface area contributed by atoms with Gasteiger partial charge in [-0.2, -0.15) is 0 Å². The number of rotatable bonds is 3. The lowest BCUT2D eigenvalue weighted by Crippen LogP contribution is -2.58. The van der Waals surface area contributed by atoms with Crippen molar-refractivity contribution in [3.8, 4) is 0 Å². The number of amides is 1. The molecule has 7 nitrogen and oxygen atoms in total. The molecule has 2 saturated heterocycles. The molecule has 24 heavy (non-hydrogen) atoms. The van der Waals surface area contributed by atoms with E-state index >= 15 is 0 Å². The molecule has 2 heterocycles. The van der Waals surface area contributed by atoms with Crippen LogP contribution in [-0.2, 0) is 9.53 Å². The van der Waals surface area contributed by atoms with Gasteiger partial charge in [0.25, 0.3) is 0 Å². The van der Waals surface area contributed by atoms with Crippen LogP contribution in [0.1, 0.15) is 34.1 Å². The minimum atomic E-state index is -0.833. The third-order valence-electron chi connectivity index (χ3n) is 4.80. The quantitative estimate of drug-likeness (QED) is 0.835. The minimum absolute atomic E-state index is 0.0892. The van der Waals surface area contributed by atoms with E-state index in [9.17, 15) is 14.7 Å². The highest BCUT2D eigenvalue weighted by Crippen LogP contribution is 2.24. The van der Waals surface area contributed by atoms with Gasteiger partial charge in [0.05, 0.1) is 5.92 Å². The number of hydrogen-bond donors (Lipinski definition) is 1. The van der Waals surface area contributed by atoms with Crippen LogP contribution in [0.4, 0.5) is 4.79 Å². The molecular formula is C17H31N3O4. The summed E-state index contributed by atoms with van der Waals surface area (Å²) in [6.45, 7) is 13.3. The second kappa shape index (κ2) is 7.70. The highest BCUT2D eigenvalue weighted by atomic mass is 16.6. The van der Waals surface area contributed by atoms with Crippen molar-refractivity contribution < 1.29 is 19.4 Å². The van der Waals surface area contributed by atoms with Crippen LogP contribution in [0.3, 0.4) is 0 Å². The maximum Gasteiger partial charge on any atom is 0.410 e. The first-order chi connectivity index (χ1) is 11.2. The van der Waals surface area contributed by atoms with E-state index in [-0.39, 0.29) is 12.6 Å². The zero-order chi connectivity index (χ0) is 17.9. The Morgan fingerprint density at radius 3 is 2.25 bits per heavy atom. The van der Waals surface area contributed by atoms with Gasteiger partial charge in [0.2, 0.25) is 0 Å². The second-order valence-electron chi connectivity index (χ2n) is 7.78. The van der Waals surface area contributed by atoms with Crippen LogP contribution in [0, 0.1) is 5.92 Å². The van der Waals surface area contributed by atoms with E-state index in [2.05, 4.69) is 16.7 Å². The Labute approximate surface area is 144 Å². The molecule has 0 spiro atoms. The van der Waals surface area contributed by atoms with Gasteiger partial charge < -0.3 is 19.6 Å². The van der Waals surface area contributed by atoms with E-state index < -0.39 is 23.6 Å². The Bertz CT molecular complexity index is 455. The zero-order valence-electron chi connectivity index (χ0n) is 15.3. The van der Waals surface area contributed by atoms with Gasteiger partial charge in [-0.25, -0.2) is 4.79 Å². The number of ether oxygens (including phenoxy) is 1. The number of carboxylic acids is 1. The molecule has 1 amide bonds. The van der Waals surface area contributed by atoms with Crippen LogP contribution in [0.15, 0.2) is 0 Å². The molecule has 2 aliphatic heterocycles. The van der Waals surface area contributed by atoms with Crippen LogP contribution in [0.2, 0.25) is 0 Å². The average molecular weight is 341 g/mol. The fourth-order valence-electron chi connectivity index (χ4n) is 3.44. The van der Waals surface area contributed by atoms with Crippen LogP contribution >= 0.6 is 0 Å². The molecule has 138 valence electrons. The van der Waals surface area contributed by atoms with Gasteiger partial charge in [0, 0.05) is 45.3 Å². The summed E-state index contributed by atoms with van der Waals surface area (Å²) in [5.41, 5.74) is -0.574. The summed E-state index contributed by atoms with van der Waals surface area (Å²) in [6.07, 6.45) is 0.187. The molecule has 0 saturated carbocycles. The standard InChI is InChI=1S/C17H31N3O4/c1-5-18-6-8-19(9-7-18)14-10-13(15(21)22)11-20(12-14)16(23)24-17(2,3)4/h13-14H,5-12H2,1-4H3,(H,21,22)/t13-,14+/m1/s1. The second-order valence-corrected chi connectivity index (χ2v) is 7.78. The molecule has 0 aromatic heterocycles. The molecule has 0 aromatic carbocycles. The van der Waals surface area contributed by atoms with E-state index in [1.807, 2.05) is 20.8 Å². The first-order valence-electron chi connectivity index (χ1n) is 8.86. The average Bonchev–Trinajstić information content (AvgIpc) is 2.53. The monoisotopic (exact) mass is 341 g/mol. The molecule has 1 N–H and O–H groups in total. The third-order valence-corrected chi connectivity index (χ3v) is 4.80. The van der Waals surface area contributed by atoms with Crippen LogP contribution in [0.5, 0.6) is 0 Å². The summed E-state index contributed by atoms with van der Waals surface area (Å²) in [5.74, 6) is -1.36. The number of piperidine rings is 1. The highest BCUT2D eigenvalue weighted by molar-refractivity contribution is 5.73. The van der Waals surface area contributed by atoms with E-state index in [1.54, 1.807) is 4.90 Å². The van der Waals surface area contributed by atoms with Crippen molar-refractivity contribution in [3.05, 3.63) is 0 Å². The fraction of sp³-hybridized carbons (Fsp3) is 0.882. The van der Waals surface area contributed by atoms with Crippen LogP contribution in [-0.4, -0.2) is 89.3 Å². The van der Waals surface area contributed by atoms with Crippen molar-refractivity contribution in [2.75, 3.05) is 45.8 Å². The summed E-state index contributed by atoms with van der Waals surface area (Å²) in [7, 11) is 0. The lowest BCUT2D eigenvalue weighted by atomic mass is 9.93. The Hall–Kier alpha value is -1.34. The van der Waals surface area contributed by atoms with Gasteiger partial charge in [0.1, 0.15) is 5.60 Å². The summed E-state index contributed by atoms with van der Waals surface area (Å²) in [6, 6.07) is 0.0892. The maximum absolute atomic E-state index is 12.4. The number of hydrogen-bond acceptors (Lipinski definition) is 5. The van der Waals surface area contributed by atoms with E-state index in [0.29, 0.717) is 13.0 Å². The molecule has 0 radical (unpaired) electrons. The van der Waals surface area contributed by atoms with Gasteiger partial charge in [-0.15, -0.1) is 0 Å². The lowest BCUT2D eigenvalue weighted by Gasteiger charge is -2.44. The predicted molar refractivity (Wildman–Crippen MR) is 91.0 cm³/mol. The summed E-state index contributed by atoms with van der Waals surface area (Å²) in [4.78, 5) is 30.2. The number of carbonyl (C=O) groups excluding carboxylic acids is 1. The van der Waals surface area contributed by atoms with Crippen molar-refractivity contribution in [1.29, 1.82) is 0 Å². The molecule has 2 aliphatic rings. The number of carboxylic acid groups (broad SMARTS) is 1. The van der Waals surface area contributed by atoms with Crippen LogP contribution in [0.25, 0.3) is 0 Å². The number of likely N-dealkylation sites (tertiary alicyclic amines) is 1. The van der Waals surface area contributed by atoms with Crippen molar-refractivity contribution in [3.63, 3.8) is 0 Å².